The van der Waals surface area contributed by atoms with Crippen molar-refractivity contribution >= 4 is 11.8 Å². The van der Waals surface area contributed by atoms with Crippen molar-refractivity contribution in [3.63, 3.8) is 0 Å². The normalized spacial score (nSPS) is 20.9. The van der Waals surface area contributed by atoms with Gasteiger partial charge in [0.15, 0.2) is 0 Å². The van der Waals surface area contributed by atoms with Crippen LogP contribution in [0, 0.1) is 0 Å². The number of hydrogen-bond donors (Lipinski definition) is 2. The molecule has 0 bridgehead atoms. The second-order valence-corrected chi connectivity index (χ2v) is 4.15. The Balaban J connectivity index is 1.80. The number of nitrogens with zero attached hydrogens (tertiary/aromatic N) is 1. The third kappa shape index (κ3) is 3.42. The summed E-state index contributed by atoms with van der Waals surface area (Å²) in [7, 11) is 0. The van der Waals surface area contributed by atoms with Gasteiger partial charge in [-0.1, -0.05) is 6.07 Å². The number of anilines is 1. The van der Waals surface area contributed by atoms with Gasteiger partial charge in [-0.3, -0.25) is 5.32 Å². The van der Waals surface area contributed by atoms with Crippen molar-refractivity contribution in [1.29, 1.82) is 0 Å². The van der Waals surface area contributed by atoms with Crippen molar-refractivity contribution in [2.75, 3.05) is 11.9 Å². The van der Waals surface area contributed by atoms with Gasteiger partial charge in [-0.05, 0) is 31.9 Å². The molecule has 2 heterocycles. The summed E-state index contributed by atoms with van der Waals surface area (Å²) in [6.45, 7) is 2.74. The van der Waals surface area contributed by atoms with Crippen molar-refractivity contribution in [3.8, 4) is 0 Å². The smallest absolute Gasteiger partial charge is 0.320 e. The minimum Gasteiger partial charge on any atom is -0.376 e. The zero-order valence-corrected chi connectivity index (χ0v) is 9.85. The van der Waals surface area contributed by atoms with Crippen molar-refractivity contribution in [2.24, 2.45) is 0 Å². The summed E-state index contributed by atoms with van der Waals surface area (Å²) in [6, 6.07) is 5.15. The molecule has 17 heavy (non-hydrogen) atoms. The number of aromatic nitrogens is 1. The number of amides is 2. The number of hydrogen-bond acceptors (Lipinski definition) is 3. The summed E-state index contributed by atoms with van der Waals surface area (Å²) in [5, 5.41) is 5.53. The highest BCUT2D eigenvalue weighted by Gasteiger charge is 2.23. The zero-order valence-electron chi connectivity index (χ0n) is 9.85. The topological polar surface area (TPSA) is 63.2 Å². The first-order chi connectivity index (χ1) is 8.25. The van der Waals surface area contributed by atoms with Gasteiger partial charge < -0.3 is 10.1 Å². The molecule has 2 amide bonds. The standard InChI is InChI=1S/C12H17N3O2/c1-9(10-5-4-8-17-10)14-12(16)15-11-6-2-3-7-13-11/h2-3,6-7,9-10H,4-5,8H2,1H3,(H2,13,14,15,16)/t9-,10-/m0/s1. The second kappa shape index (κ2) is 5.63. The zero-order chi connectivity index (χ0) is 12.1. The molecular formula is C12H17N3O2. The van der Waals surface area contributed by atoms with E-state index >= 15 is 0 Å². The average Bonchev–Trinajstić information content (AvgIpc) is 2.83. The van der Waals surface area contributed by atoms with E-state index in [1.807, 2.05) is 13.0 Å². The molecule has 2 rings (SSSR count). The third-order valence-electron chi connectivity index (χ3n) is 2.79. The first kappa shape index (κ1) is 11.9. The fraction of sp³-hybridized carbons (Fsp3) is 0.500. The van der Waals surface area contributed by atoms with Gasteiger partial charge in [0.2, 0.25) is 0 Å². The number of carbonyl (C=O) groups excluding carboxylic acids is 1. The molecule has 5 heteroatoms. The van der Waals surface area contributed by atoms with Crippen molar-refractivity contribution in [1.82, 2.24) is 10.3 Å². The molecule has 1 aromatic rings. The van der Waals surface area contributed by atoms with Gasteiger partial charge in [0.25, 0.3) is 0 Å². The van der Waals surface area contributed by atoms with E-state index in [1.54, 1.807) is 18.3 Å². The number of carbonyl (C=O) groups is 1. The third-order valence-corrected chi connectivity index (χ3v) is 2.79. The van der Waals surface area contributed by atoms with Crippen molar-refractivity contribution < 1.29 is 9.53 Å². The summed E-state index contributed by atoms with van der Waals surface area (Å²) in [4.78, 5) is 15.7. The quantitative estimate of drug-likeness (QED) is 0.839. The summed E-state index contributed by atoms with van der Waals surface area (Å²) < 4.78 is 5.51. The lowest BCUT2D eigenvalue weighted by molar-refractivity contribution is 0.0868. The van der Waals surface area contributed by atoms with Crippen LogP contribution in [0.25, 0.3) is 0 Å². The lowest BCUT2D eigenvalue weighted by Gasteiger charge is -2.19. The van der Waals surface area contributed by atoms with E-state index < -0.39 is 0 Å². The average molecular weight is 235 g/mol. The van der Waals surface area contributed by atoms with E-state index in [9.17, 15) is 4.79 Å². The van der Waals surface area contributed by atoms with Gasteiger partial charge in [0.1, 0.15) is 5.82 Å². The first-order valence-corrected chi connectivity index (χ1v) is 5.86. The predicted molar refractivity (Wildman–Crippen MR) is 64.8 cm³/mol. The van der Waals surface area contributed by atoms with E-state index in [2.05, 4.69) is 15.6 Å². The lowest BCUT2D eigenvalue weighted by atomic mass is 10.1. The lowest BCUT2D eigenvalue weighted by Crippen LogP contribution is -2.43. The van der Waals surface area contributed by atoms with Crippen LogP contribution < -0.4 is 10.6 Å². The fourth-order valence-electron chi connectivity index (χ4n) is 1.89. The Morgan fingerprint density at radius 3 is 3.12 bits per heavy atom. The van der Waals surface area contributed by atoms with Gasteiger partial charge in [0.05, 0.1) is 12.1 Å². The highest BCUT2D eigenvalue weighted by Crippen LogP contribution is 2.15. The molecule has 0 unspecified atom stereocenters. The molecule has 1 aliphatic heterocycles. The molecule has 92 valence electrons. The van der Waals surface area contributed by atoms with Gasteiger partial charge in [-0.25, -0.2) is 9.78 Å². The Kier molecular flexibility index (Phi) is 3.93. The van der Waals surface area contributed by atoms with Crippen LogP contribution in [0.4, 0.5) is 10.6 Å². The second-order valence-electron chi connectivity index (χ2n) is 4.15. The molecule has 5 nitrogen and oxygen atoms in total. The molecule has 1 saturated heterocycles. The van der Waals surface area contributed by atoms with Gasteiger partial charge in [-0.2, -0.15) is 0 Å². The van der Waals surface area contributed by atoms with E-state index in [0.29, 0.717) is 5.82 Å². The summed E-state index contributed by atoms with van der Waals surface area (Å²) in [6.07, 6.45) is 3.84. The molecule has 0 aliphatic carbocycles. The van der Waals surface area contributed by atoms with Crippen LogP contribution in [-0.2, 0) is 4.74 Å². The summed E-state index contributed by atoms with van der Waals surface area (Å²) in [5.74, 6) is 0.546. The number of pyridine rings is 1. The first-order valence-electron chi connectivity index (χ1n) is 5.86. The van der Waals surface area contributed by atoms with Crippen molar-refractivity contribution in [2.45, 2.75) is 31.9 Å². The highest BCUT2D eigenvalue weighted by atomic mass is 16.5. The van der Waals surface area contributed by atoms with Crippen molar-refractivity contribution in [3.05, 3.63) is 24.4 Å². The van der Waals surface area contributed by atoms with Crippen LogP contribution in [0.3, 0.4) is 0 Å². The van der Waals surface area contributed by atoms with Crippen LogP contribution in [-0.4, -0.2) is 29.8 Å². The minimum absolute atomic E-state index is 0.0150. The molecule has 0 spiro atoms. The van der Waals surface area contributed by atoms with Gasteiger partial charge in [0, 0.05) is 12.8 Å². The van der Waals surface area contributed by atoms with Gasteiger partial charge >= 0.3 is 6.03 Å². The molecule has 1 aromatic heterocycles. The molecule has 0 aromatic carbocycles. The number of ether oxygens (including phenoxy) is 1. The summed E-state index contributed by atoms with van der Waals surface area (Å²) >= 11 is 0. The maximum atomic E-state index is 11.7. The highest BCUT2D eigenvalue weighted by molar-refractivity contribution is 5.88. The van der Waals surface area contributed by atoms with E-state index in [1.165, 1.54) is 0 Å². The number of nitrogens with one attached hydrogen (secondary N) is 2. The number of urea groups is 1. The minimum atomic E-state index is -0.244. The monoisotopic (exact) mass is 235 g/mol. The van der Waals surface area contributed by atoms with E-state index in [0.717, 1.165) is 19.4 Å². The van der Waals surface area contributed by atoms with Crippen LogP contribution in [0.15, 0.2) is 24.4 Å². The molecule has 0 saturated carbocycles. The van der Waals surface area contributed by atoms with Gasteiger partial charge in [-0.15, -0.1) is 0 Å². The van der Waals surface area contributed by atoms with Crippen LogP contribution in [0.2, 0.25) is 0 Å². The molecule has 0 radical (unpaired) electrons. The SMILES string of the molecule is C[C@H](NC(=O)Nc1ccccn1)[C@@H]1CCCO1. The molecule has 1 aliphatic rings. The van der Waals surface area contributed by atoms with Crippen LogP contribution >= 0.6 is 0 Å². The van der Waals surface area contributed by atoms with Crippen LogP contribution in [0.1, 0.15) is 19.8 Å². The maximum Gasteiger partial charge on any atom is 0.320 e. The molecular weight excluding hydrogens is 218 g/mol. The largest absolute Gasteiger partial charge is 0.376 e. The van der Waals surface area contributed by atoms with E-state index in [4.69, 9.17) is 4.74 Å². The van der Waals surface area contributed by atoms with Crippen LogP contribution in [0.5, 0.6) is 0 Å². The van der Waals surface area contributed by atoms with E-state index in [-0.39, 0.29) is 18.2 Å². The predicted octanol–water partition coefficient (Wildman–Crippen LogP) is 1.77. The Hall–Kier alpha value is -1.62. The Bertz CT molecular complexity index is 363. The summed E-state index contributed by atoms with van der Waals surface area (Å²) in [5.41, 5.74) is 0. The number of rotatable bonds is 3. The Morgan fingerprint density at radius 1 is 1.59 bits per heavy atom. The molecule has 2 N–H and O–H groups in total. The maximum absolute atomic E-state index is 11.7. The Morgan fingerprint density at radius 2 is 2.47 bits per heavy atom. The molecule has 1 fully saturated rings. The molecule has 2 atom stereocenters. The Labute approximate surface area is 101 Å². The fourth-order valence-corrected chi connectivity index (χ4v) is 1.89.